The fraction of sp³-hybridized carbons (Fsp3) is 0.231. The van der Waals surface area contributed by atoms with Crippen LogP contribution in [0.1, 0.15) is 11.3 Å². The van der Waals surface area contributed by atoms with Crippen molar-refractivity contribution >= 4 is 11.6 Å². The summed E-state index contributed by atoms with van der Waals surface area (Å²) in [5.41, 5.74) is 1.79. The van der Waals surface area contributed by atoms with Gasteiger partial charge in [0.15, 0.2) is 0 Å². The second-order valence-corrected chi connectivity index (χ2v) is 4.39. The number of aryl methyl sites for hydroxylation is 1. The van der Waals surface area contributed by atoms with E-state index in [-0.39, 0.29) is 5.82 Å². The Hall–Kier alpha value is -1.32. The van der Waals surface area contributed by atoms with Gasteiger partial charge >= 0.3 is 0 Å². The summed E-state index contributed by atoms with van der Waals surface area (Å²) in [4.78, 5) is 0. The van der Waals surface area contributed by atoms with Crippen LogP contribution in [0.4, 0.5) is 4.39 Å². The van der Waals surface area contributed by atoms with Gasteiger partial charge in [-0.2, -0.15) is 0 Å². The fourth-order valence-corrected chi connectivity index (χ4v) is 1.83. The number of halogens is 2. The predicted octanol–water partition coefficient (Wildman–Crippen LogP) is 3.11. The number of nitrogens with zero attached hydrogens (tertiary/aromatic N) is 1. The van der Waals surface area contributed by atoms with Gasteiger partial charge in [-0.25, -0.2) is 4.39 Å². The maximum Gasteiger partial charge on any atom is 0.129 e. The van der Waals surface area contributed by atoms with Crippen molar-refractivity contribution in [3.8, 4) is 0 Å². The van der Waals surface area contributed by atoms with E-state index in [0.29, 0.717) is 23.7 Å². The number of rotatable bonds is 4. The molecule has 2 rings (SSSR count). The van der Waals surface area contributed by atoms with Crippen LogP contribution in [0.25, 0.3) is 0 Å². The average molecular weight is 253 g/mol. The van der Waals surface area contributed by atoms with Crippen molar-refractivity contribution in [1.29, 1.82) is 0 Å². The third-order valence-electron chi connectivity index (χ3n) is 2.69. The van der Waals surface area contributed by atoms with Crippen molar-refractivity contribution < 1.29 is 4.39 Å². The smallest absolute Gasteiger partial charge is 0.129 e. The molecule has 17 heavy (non-hydrogen) atoms. The molecule has 90 valence electrons. The molecule has 0 aliphatic rings. The fourth-order valence-electron chi connectivity index (χ4n) is 1.67. The second kappa shape index (κ2) is 5.34. The lowest BCUT2D eigenvalue weighted by Crippen LogP contribution is -2.15. The highest BCUT2D eigenvalue weighted by molar-refractivity contribution is 6.30. The summed E-state index contributed by atoms with van der Waals surface area (Å²) in [7, 11) is 1.99. The van der Waals surface area contributed by atoms with E-state index in [4.69, 9.17) is 11.6 Å². The Labute approximate surface area is 105 Å². The monoisotopic (exact) mass is 252 g/mol. The minimum Gasteiger partial charge on any atom is -0.353 e. The summed E-state index contributed by atoms with van der Waals surface area (Å²) in [6.45, 7) is 1.21. The summed E-state index contributed by atoms with van der Waals surface area (Å²) < 4.78 is 15.5. The van der Waals surface area contributed by atoms with E-state index >= 15 is 0 Å². The molecule has 2 aromatic rings. The van der Waals surface area contributed by atoms with Crippen LogP contribution >= 0.6 is 11.6 Å². The number of hydrogen-bond acceptors (Lipinski definition) is 1. The van der Waals surface area contributed by atoms with E-state index in [2.05, 4.69) is 5.32 Å². The summed E-state index contributed by atoms with van der Waals surface area (Å²) in [5, 5.41) is 3.63. The van der Waals surface area contributed by atoms with E-state index < -0.39 is 0 Å². The van der Waals surface area contributed by atoms with Gasteiger partial charge in [-0.3, -0.25) is 0 Å². The van der Waals surface area contributed by atoms with Crippen LogP contribution in [0.3, 0.4) is 0 Å². The first-order valence-electron chi connectivity index (χ1n) is 5.41. The molecule has 1 N–H and O–H groups in total. The summed E-state index contributed by atoms with van der Waals surface area (Å²) in [6.07, 6.45) is 1.99. The zero-order valence-electron chi connectivity index (χ0n) is 9.58. The number of benzene rings is 1. The molecular formula is C13H14ClFN2. The molecule has 0 fully saturated rings. The zero-order valence-corrected chi connectivity index (χ0v) is 10.3. The van der Waals surface area contributed by atoms with E-state index in [0.717, 1.165) is 0 Å². The topological polar surface area (TPSA) is 17.0 Å². The van der Waals surface area contributed by atoms with Crippen molar-refractivity contribution in [3.05, 3.63) is 58.6 Å². The Morgan fingerprint density at radius 2 is 2.12 bits per heavy atom. The van der Waals surface area contributed by atoms with Gasteiger partial charge in [0.2, 0.25) is 0 Å². The molecule has 1 heterocycles. The zero-order chi connectivity index (χ0) is 12.3. The molecule has 0 aliphatic carbocycles. The van der Waals surface area contributed by atoms with Crippen LogP contribution in [-0.4, -0.2) is 4.57 Å². The predicted molar refractivity (Wildman–Crippen MR) is 67.4 cm³/mol. The first kappa shape index (κ1) is 12.1. The van der Waals surface area contributed by atoms with Crippen LogP contribution in [0.15, 0.2) is 36.5 Å². The minimum atomic E-state index is -0.267. The van der Waals surface area contributed by atoms with E-state index in [9.17, 15) is 4.39 Å². The van der Waals surface area contributed by atoms with Gasteiger partial charge in [0.25, 0.3) is 0 Å². The standard InChI is InChI=1S/C13H14ClFN2/c1-17-6-2-3-12(17)9-16-8-10-4-5-11(14)7-13(10)15/h2-7,16H,8-9H2,1H3. The minimum absolute atomic E-state index is 0.267. The Morgan fingerprint density at radius 1 is 1.29 bits per heavy atom. The third kappa shape index (κ3) is 3.08. The summed E-state index contributed by atoms with van der Waals surface area (Å²) in [6, 6.07) is 8.76. The van der Waals surface area contributed by atoms with Crippen LogP contribution in [0, 0.1) is 5.82 Å². The molecule has 0 radical (unpaired) electrons. The lowest BCUT2D eigenvalue weighted by Gasteiger charge is -2.07. The van der Waals surface area contributed by atoms with Crippen LogP contribution < -0.4 is 5.32 Å². The van der Waals surface area contributed by atoms with E-state index in [1.54, 1.807) is 12.1 Å². The van der Waals surface area contributed by atoms with Gasteiger partial charge in [-0.15, -0.1) is 0 Å². The van der Waals surface area contributed by atoms with Crippen molar-refractivity contribution in [2.75, 3.05) is 0 Å². The van der Waals surface area contributed by atoms with Crippen molar-refractivity contribution in [2.45, 2.75) is 13.1 Å². The Balaban J connectivity index is 1.92. The molecule has 0 amide bonds. The number of hydrogen-bond donors (Lipinski definition) is 1. The molecule has 0 bridgehead atoms. The molecule has 0 saturated heterocycles. The molecule has 0 unspecified atom stereocenters. The molecule has 4 heteroatoms. The second-order valence-electron chi connectivity index (χ2n) is 3.95. The summed E-state index contributed by atoms with van der Waals surface area (Å²) >= 11 is 5.69. The molecule has 1 aromatic carbocycles. The first-order chi connectivity index (χ1) is 8.16. The number of nitrogens with one attached hydrogen (secondary N) is 1. The first-order valence-corrected chi connectivity index (χ1v) is 5.79. The molecular weight excluding hydrogens is 239 g/mol. The Kier molecular flexibility index (Phi) is 3.82. The summed E-state index contributed by atoms with van der Waals surface area (Å²) in [5.74, 6) is -0.267. The van der Waals surface area contributed by atoms with Crippen LogP contribution in [0.2, 0.25) is 5.02 Å². The Bertz CT molecular complexity index is 508. The highest BCUT2D eigenvalue weighted by Crippen LogP contribution is 2.14. The van der Waals surface area contributed by atoms with Gasteiger partial charge in [-0.1, -0.05) is 17.7 Å². The van der Waals surface area contributed by atoms with Gasteiger partial charge in [0.05, 0.1) is 0 Å². The van der Waals surface area contributed by atoms with Gasteiger partial charge in [-0.05, 0) is 24.3 Å². The average Bonchev–Trinajstić information content (AvgIpc) is 2.68. The van der Waals surface area contributed by atoms with Crippen LogP contribution in [0.5, 0.6) is 0 Å². The van der Waals surface area contributed by atoms with E-state index in [1.165, 1.54) is 11.8 Å². The molecule has 0 aliphatic heterocycles. The highest BCUT2D eigenvalue weighted by Gasteiger charge is 2.03. The molecule has 0 atom stereocenters. The molecule has 0 spiro atoms. The normalized spacial score (nSPS) is 10.8. The Morgan fingerprint density at radius 3 is 2.76 bits per heavy atom. The molecule has 2 nitrogen and oxygen atoms in total. The SMILES string of the molecule is Cn1cccc1CNCc1ccc(Cl)cc1F. The number of aromatic nitrogens is 1. The third-order valence-corrected chi connectivity index (χ3v) is 2.92. The lowest BCUT2D eigenvalue weighted by atomic mass is 10.2. The van der Waals surface area contributed by atoms with Crippen LogP contribution in [-0.2, 0) is 20.1 Å². The van der Waals surface area contributed by atoms with Gasteiger partial charge in [0, 0.05) is 42.6 Å². The maximum absolute atomic E-state index is 13.5. The largest absolute Gasteiger partial charge is 0.353 e. The lowest BCUT2D eigenvalue weighted by molar-refractivity contribution is 0.582. The van der Waals surface area contributed by atoms with E-state index in [1.807, 2.05) is 29.9 Å². The highest BCUT2D eigenvalue weighted by atomic mass is 35.5. The van der Waals surface area contributed by atoms with Gasteiger partial charge in [0.1, 0.15) is 5.82 Å². The van der Waals surface area contributed by atoms with Crippen molar-refractivity contribution in [2.24, 2.45) is 7.05 Å². The van der Waals surface area contributed by atoms with Crippen molar-refractivity contribution in [3.63, 3.8) is 0 Å². The maximum atomic E-state index is 13.5. The van der Waals surface area contributed by atoms with Crippen molar-refractivity contribution in [1.82, 2.24) is 9.88 Å². The van der Waals surface area contributed by atoms with Gasteiger partial charge < -0.3 is 9.88 Å². The molecule has 1 aromatic heterocycles. The molecule has 0 saturated carbocycles. The quantitative estimate of drug-likeness (QED) is 0.885.